The number of carboxylic acid groups (broad SMARTS) is 1. The van der Waals surface area contributed by atoms with Crippen LogP contribution in [0.5, 0.6) is 0 Å². The van der Waals surface area contributed by atoms with Crippen LogP contribution >= 0.6 is 11.8 Å². The fourth-order valence-electron chi connectivity index (χ4n) is 0.978. The number of thioether (sulfide) groups is 1. The van der Waals surface area contributed by atoms with Gasteiger partial charge in [0.1, 0.15) is 4.75 Å². The predicted molar refractivity (Wildman–Crippen MR) is 72.9 cm³/mol. The fourth-order valence-corrected chi connectivity index (χ4v) is 1.70. The van der Waals surface area contributed by atoms with Gasteiger partial charge in [0.2, 0.25) is 5.91 Å². The zero-order valence-corrected chi connectivity index (χ0v) is 12.3. The molecule has 0 bridgehead atoms. The Kier molecular flexibility index (Phi) is 8.02. The smallest absolute Gasteiger partial charge is 0.319 e. The van der Waals surface area contributed by atoms with E-state index in [1.807, 2.05) is 13.8 Å². The Morgan fingerprint density at radius 3 is 2.50 bits per heavy atom. The minimum absolute atomic E-state index is 0.140. The third kappa shape index (κ3) is 8.36. The van der Waals surface area contributed by atoms with Gasteiger partial charge in [-0.25, -0.2) is 0 Å². The number of amides is 1. The minimum Gasteiger partial charge on any atom is -0.480 e. The highest BCUT2D eigenvalue weighted by atomic mass is 32.2. The summed E-state index contributed by atoms with van der Waals surface area (Å²) in [5.74, 6) is -0.894. The highest BCUT2D eigenvalue weighted by Gasteiger charge is 2.28. The van der Waals surface area contributed by atoms with Crippen LogP contribution in [-0.2, 0) is 14.3 Å². The van der Waals surface area contributed by atoms with E-state index in [4.69, 9.17) is 9.84 Å². The molecule has 106 valence electrons. The van der Waals surface area contributed by atoms with Crippen LogP contribution in [0.2, 0.25) is 0 Å². The molecule has 0 aliphatic carbocycles. The van der Waals surface area contributed by atoms with Crippen molar-refractivity contribution in [2.24, 2.45) is 0 Å². The van der Waals surface area contributed by atoms with Crippen LogP contribution in [0.1, 0.15) is 34.1 Å². The Balaban J connectivity index is 3.64. The number of carboxylic acids is 1. The van der Waals surface area contributed by atoms with Crippen molar-refractivity contribution in [1.29, 1.82) is 0 Å². The van der Waals surface area contributed by atoms with Crippen molar-refractivity contribution in [3.8, 4) is 0 Å². The van der Waals surface area contributed by atoms with Gasteiger partial charge in [-0.3, -0.25) is 9.59 Å². The van der Waals surface area contributed by atoms with Gasteiger partial charge in [0.15, 0.2) is 0 Å². The maximum absolute atomic E-state index is 11.4. The van der Waals surface area contributed by atoms with E-state index in [2.05, 4.69) is 5.32 Å². The lowest BCUT2D eigenvalue weighted by atomic mass is 10.2. The molecule has 0 aliphatic heterocycles. The Morgan fingerprint density at radius 2 is 2.00 bits per heavy atom. The van der Waals surface area contributed by atoms with Gasteiger partial charge in [0.05, 0.1) is 11.9 Å². The Hall–Kier alpha value is -0.750. The largest absolute Gasteiger partial charge is 0.480 e. The summed E-state index contributed by atoms with van der Waals surface area (Å²) in [5, 5.41) is 11.6. The first-order valence-corrected chi connectivity index (χ1v) is 7.00. The number of carbonyl (C=O) groups is 2. The molecule has 0 heterocycles. The molecule has 0 aliphatic rings. The average Bonchev–Trinajstić information content (AvgIpc) is 2.25. The molecule has 0 saturated carbocycles. The molecule has 0 saturated heterocycles. The lowest BCUT2D eigenvalue weighted by Gasteiger charge is -2.17. The van der Waals surface area contributed by atoms with Crippen molar-refractivity contribution in [3.05, 3.63) is 0 Å². The van der Waals surface area contributed by atoms with Crippen LogP contribution in [0.3, 0.4) is 0 Å². The first-order chi connectivity index (χ1) is 8.25. The van der Waals surface area contributed by atoms with E-state index in [0.29, 0.717) is 13.2 Å². The maximum atomic E-state index is 11.4. The number of hydrogen-bond donors (Lipinski definition) is 2. The molecule has 0 aromatic heterocycles. The van der Waals surface area contributed by atoms with E-state index in [0.717, 1.165) is 18.2 Å². The predicted octanol–water partition coefficient (Wildman–Crippen LogP) is 1.51. The standard InChI is InChI=1S/C12H23NO4S/c1-9(2)17-7-5-6-13-10(14)8-18-12(3,4)11(15)16/h9H,5-8H2,1-4H3,(H,13,14)(H,15,16). The zero-order chi connectivity index (χ0) is 14.2. The van der Waals surface area contributed by atoms with Gasteiger partial charge < -0.3 is 15.2 Å². The molecule has 0 rings (SSSR count). The van der Waals surface area contributed by atoms with Gasteiger partial charge in [-0.15, -0.1) is 11.8 Å². The molecule has 18 heavy (non-hydrogen) atoms. The molecule has 0 unspecified atom stereocenters. The van der Waals surface area contributed by atoms with Crippen molar-refractivity contribution in [2.45, 2.75) is 45.0 Å². The molecule has 5 nitrogen and oxygen atoms in total. The second kappa shape index (κ2) is 8.37. The average molecular weight is 277 g/mol. The minimum atomic E-state index is -0.932. The number of aliphatic carboxylic acids is 1. The molecule has 0 atom stereocenters. The van der Waals surface area contributed by atoms with Crippen LogP contribution in [-0.4, -0.2) is 46.7 Å². The van der Waals surface area contributed by atoms with Crippen LogP contribution < -0.4 is 5.32 Å². The summed E-state index contributed by atoms with van der Waals surface area (Å²) < 4.78 is 4.40. The quantitative estimate of drug-likeness (QED) is 0.625. The van der Waals surface area contributed by atoms with E-state index in [1.54, 1.807) is 13.8 Å². The van der Waals surface area contributed by atoms with Gasteiger partial charge in [-0.1, -0.05) is 0 Å². The van der Waals surface area contributed by atoms with Gasteiger partial charge in [0, 0.05) is 13.2 Å². The summed E-state index contributed by atoms with van der Waals surface area (Å²) in [6.45, 7) is 8.27. The van der Waals surface area contributed by atoms with E-state index >= 15 is 0 Å². The fraction of sp³-hybridized carbons (Fsp3) is 0.833. The van der Waals surface area contributed by atoms with E-state index in [-0.39, 0.29) is 17.8 Å². The van der Waals surface area contributed by atoms with E-state index in [9.17, 15) is 9.59 Å². The highest BCUT2D eigenvalue weighted by Crippen LogP contribution is 2.23. The van der Waals surface area contributed by atoms with Gasteiger partial charge >= 0.3 is 5.97 Å². The second-order valence-electron chi connectivity index (χ2n) is 4.73. The van der Waals surface area contributed by atoms with Crippen molar-refractivity contribution < 1.29 is 19.4 Å². The topological polar surface area (TPSA) is 75.6 Å². The summed E-state index contributed by atoms with van der Waals surface area (Å²) in [4.78, 5) is 22.3. The molecule has 0 spiro atoms. The Bertz CT molecular complexity index is 279. The Labute approximate surface area is 113 Å². The number of rotatable bonds is 9. The lowest BCUT2D eigenvalue weighted by Crippen LogP contribution is -2.32. The van der Waals surface area contributed by atoms with E-state index < -0.39 is 10.7 Å². The number of ether oxygens (including phenoxy) is 1. The van der Waals surface area contributed by atoms with Gasteiger partial charge in [-0.05, 0) is 34.1 Å². The lowest BCUT2D eigenvalue weighted by molar-refractivity contribution is -0.138. The monoisotopic (exact) mass is 277 g/mol. The summed E-state index contributed by atoms with van der Waals surface area (Å²) in [5.41, 5.74) is 0. The summed E-state index contributed by atoms with van der Waals surface area (Å²) in [6.07, 6.45) is 0.962. The van der Waals surface area contributed by atoms with Crippen LogP contribution in [0.4, 0.5) is 0 Å². The molecule has 0 radical (unpaired) electrons. The van der Waals surface area contributed by atoms with Crippen molar-refractivity contribution in [3.63, 3.8) is 0 Å². The Morgan fingerprint density at radius 1 is 1.39 bits per heavy atom. The molecule has 6 heteroatoms. The van der Waals surface area contributed by atoms with Gasteiger partial charge in [-0.2, -0.15) is 0 Å². The molecular formula is C12H23NO4S. The van der Waals surface area contributed by atoms with Crippen molar-refractivity contribution >= 4 is 23.6 Å². The van der Waals surface area contributed by atoms with Crippen LogP contribution in [0, 0.1) is 0 Å². The van der Waals surface area contributed by atoms with Gasteiger partial charge in [0.25, 0.3) is 0 Å². The number of carbonyl (C=O) groups excluding carboxylic acids is 1. The van der Waals surface area contributed by atoms with Crippen molar-refractivity contribution in [1.82, 2.24) is 5.32 Å². The molecule has 1 amide bonds. The molecule has 2 N–H and O–H groups in total. The molecule has 0 aromatic carbocycles. The number of nitrogens with one attached hydrogen (secondary N) is 1. The SMILES string of the molecule is CC(C)OCCCNC(=O)CSC(C)(C)C(=O)O. The van der Waals surface area contributed by atoms with Crippen LogP contribution in [0.25, 0.3) is 0 Å². The molecule has 0 fully saturated rings. The maximum Gasteiger partial charge on any atom is 0.319 e. The summed E-state index contributed by atoms with van der Waals surface area (Å²) in [6, 6.07) is 0. The first-order valence-electron chi connectivity index (χ1n) is 6.01. The number of hydrogen-bond acceptors (Lipinski definition) is 4. The molecule has 0 aromatic rings. The van der Waals surface area contributed by atoms with E-state index in [1.165, 1.54) is 0 Å². The molecular weight excluding hydrogens is 254 g/mol. The second-order valence-corrected chi connectivity index (χ2v) is 6.33. The highest BCUT2D eigenvalue weighted by molar-refractivity contribution is 8.01. The zero-order valence-electron chi connectivity index (χ0n) is 11.5. The third-order valence-corrected chi connectivity index (χ3v) is 3.48. The summed E-state index contributed by atoms with van der Waals surface area (Å²) >= 11 is 1.12. The summed E-state index contributed by atoms with van der Waals surface area (Å²) in [7, 11) is 0. The normalized spacial score (nSPS) is 11.6. The van der Waals surface area contributed by atoms with Crippen LogP contribution in [0.15, 0.2) is 0 Å². The first kappa shape index (κ1) is 17.2. The third-order valence-electron chi connectivity index (χ3n) is 2.17. The van der Waals surface area contributed by atoms with Crippen molar-refractivity contribution in [2.75, 3.05) is 18.9 Å².